The number of benzene rings is 2. The molecule has 0 spiro atoms. The fraction of sp³-hybridized carbons (Fsp3) is 0.125. The van der Waals surface area contributed by atoms with E-state index in [-0.39, 0.29) is 17.4 Å². The molecule has 0 saturated carbocycles. The number of ether oxygens (including phenoxy) is 1. The highest BCUT2D eigenvalue weighted by atomic mass is 35.5. The highest BCUT2D eigenvalue weighted by Gasteiger charge is 2.09. The predicted molar refractivity (Wildman–Crippen MR) is 93.8 cm³/mol. The third kappa shape index (κ3) is 5.13. The second-order valence-corrected chi connectivity index (χ2v) is 5.81. The lowest BCUT2D eigenvalue weighted by molar-refractivity contribution is -0.123. The fourth-order valence-corrected chi connectivity index (χ4v) is 2.27. The number of hydrogen-bond donors (Lipinski definition) is 1. The lowest BCUT2D eigenvalue weighted by Crippen LogP contribution is -2.25. The van der Waals surface area contributed by atoms with E-state index in [1.54, 1.807) is 6.92 Å². The summed E-state index contributed by atoms with van der Waals surface area (Å²) < 4.78 is 5.32. The van der Waals surface area contributed by atoms with Crippen LogP contribution in [0.3, 0.4) is 0 Å². The van der Waals surface area contributed by atoms with E-state index in [4.69, 9.17) is 39.5 Å². The van der Waals surface area contributed by atoms with Gasteiger partial charge in [0.25, 0.3) is 5.91 Å². The van der Waals surface area contributed by atoms with Crippen LogP contribution in [0.15, 0.2) is 47.6 Å². The van der Waals surface area contributed by atoms with Gasteiger partial charge in [-0.3, -0.25) is 4.79 Å². The Bertz CT molecular complexity index is 734. The van der Waals surface area contributed by atoms with E-state index in [0.717, 1.165) is 5.56 Å². The number of rotatable bonds is 5. The Balaban J connectivity index is 1.92. The minimum atomic E-state index is -0.414. The molecule has 0 aromatic heterocycles. The van der Waals surface area contributed by atoms with Gasteiger partial charge in [-0.15, -0.1) is 0 Å². The molecule has 23 heavy (non-hydrogen) atoms. The van der Waals surface area contributed by atoms with Crippen molar-refractivity contribution >= 4 is 46.4 Å². The molecule has 0 radical (unpaired) electrons. The van der Waals surface area contributed by atoms with Gasteiger partial charge in [0.15, 0.2) is 6.61 Å². The fourth-order valence-electron chi connectivity index (χ4n) is 1.68. The third-order valence-electron chi connectivity index (χ3n) is 2.87. The van der Waals surface area contributed by atoms with Crippen molar-refractivity contribution in [2.45, 2.75) is 6.92 Å². The van der Waals surface area contributed by atoms with Crippen molar-refractivity contribution in [2.75, 3.05) is 6.61 Å². The molecule has 1 N–H and O–H groups in total. The number of carbonyl (C=O) groups excluding carboxylic acids is 1. The van der Waals surface area contributed by atoms with Gasteiger partial charge in [-0.05, 0) is 18.6 Å². The van der Waals surface area contributed by atoms with Crippen LogP contribution in [0.2, 0.25) is 15.1 Å². The zero-order valence-electron chi connectivity index (χ0n) is 12.1. The minimum absolute atomic E-state index is 0.247. The van der Waals surface area contributed by atoms with Gasteiger partial charge in [0.05, 0.1) is 20.8 Å². The molecule has 0 saturated heterocycles. The Morgan fingerprint density at radius 2 is 1.74 bits per heavy atom. The maximum atomic E-state index is 11.8. The van der Waals surface area contributed by atoms with E-state index in [2.05, 4.69) is 10.5 Å². The van der Waals surface area contributed by atoms with E-state index in [1.807, 2.05) is 30.3 Å². The van der Waals surface area contributed by atoms with Crippen molar-refractivity contribution in [1.29, 1.82) is 0 Å². The minimum Gasteiger partial charge on any atom is -0.482 e. The number of amides is 1. The van der Waals surface area contributed by atoms with Crippen molar-refractivity contribution < 1.29 is 9.53 Å². The summed E-state index contributed by atoms with van der Waals surface area (Å²) in [6, 6.07) is 12.4. The van der Waals surface area contributed by atoms with Crippen LogP contribution >= 0.6 is 34.8 Å². The molecule has 4 nitrogen and oxygen atoms in total. The summed E-state index contributed by atoms with van der Waals surface area (Å²) in [5.74, 6) is -0.137. The van der Waals surface area contributed by atoms with E-state index in [9.17, 15) is 4.79 Å². The van der Waals surface area contributed by atoms with E-state index in [1.165, 1.54) is 12.1 Å². The number of halogens is 3. The average Bonchev–Trinajstić information content (AvgIpc) is 2.55. The molecule has 0 atom stereocenters. The second kappa shape index (κ2) is 8.20. The highest BCUT2D eigenvalue weighted by Crippen LogP contribution is 2.33. The summed E-state index contributed by atoms with van der Waals surface area (Å²) in [5.41, 5.74) is 4.02. The van der Waals surface area contributed by atoms with E-state index in [0.29, 0.717) is 15.8 Å². The second-order valence-electron chi connectivity index (χ2n) is 4.58. The van der Waals surface area contributed by atoms with Crippen LogP contribution in [0.4, 0.5) is 0 Å². The Labute approximate surface area is 149 Å². The molecule has 0 aliphatic heterocycles. The highest BCUT2D eigenvalue weighted by molar-refractivity contribution is 6.43. The molecule has 0 heterocycles. The lowest BCUT2D eigenvalue weighted by Gasteiger charge is -2.08. The van der Waals surface area contributed by atoms with Crippen LogP contribution in [0.1, 0.15) is 12.5 Å². The molecule has 0 fully saturated rings. The molecule has 1 amide bonds. The summed E-state index contributed by atoms with van der Waals surface area (Å²) in [4.78, 5) is 11.8. The number of nitrogens with zero attached hydrogens (tertiary/aromatic N) is 1. The molecule has 2 rings (SSSR count). The Hall–Kier alpha value is -1.75. The Morgan fingerprint density at radius 1 is 1.09 bits per heavy atom. The van der Waals surface area contributed by atoms with E-state index >= 15 is 0 Å². The number of hydrazone groups is 1. The summed E-state index contributed by atoms with van der Waals surface area (Å²) in [7, 11) is 0. The van der Waals surface area contributed by atoms with Gasteiger partial charge < -0.3 is 4.74 Å². The van der Waals surface area contributed by atoms with Gasteiger partial charge in [-0.1, -0.05) is 65.1 Å². The van der Waals surface area contributed by atoms with Gasteiger partial charge in [0, 0.05) is 6.07 Å². The lowest BCUT2D eigenvalue weighted by atomic mass is 10.1. The Morgan fingerprint density at radius 3 is 2.43 bits per heavy atom. The molecule has 120 valence electrons. The van der Waals surface area contributed by atoms with Crippen LogP contribution in [-0.4, -0.2) is 18.2 Å². The van der Waals surface area contributed by atoms with Crippen molar-refractivity contribution in [1.82, 2.24) is 5.43 Å². The first-order valence-corrected chi connectivity index (χ1v) is 7.76. The smallest absolute Gasteiger partial charge is 0.277 e. The molecule has 0 bridgehead atoms. The topological polar surface area (TPSA) is 50.7 Å². The first kappa shape index (κ1) is 17.6. The monoisotopic (exact) mass is 370 g/mol. The number of nitrogens with one attached hydrogen (secondary N) is 1. The van der Waals surface area contributed by atoms with Crippen molar-refractivity contribution in [2.24, 2.45) is 5.10 Å². The van der Waals surface area contributed by atoms with Gasteiger partial charge in [-0.25, -0.2) is 5.43 Å². The van der Waals surface area contributed by atoms with Gasteiger partial charge in [-0.2, -0.15) is 5.10 Å². The normalized spacial score (nSPS) is 11.2. The van der Waals surface area contributed by atoms with Crippen LogP contribution in [-0.2, 0) is 4.79 Å². The molecule has 0 unspecified atom stereocenters. The first-order chi connectivity index (χ1) is 11.0. The predicted octanol–water partition coefficient (Wildman–Crippen LogP) is 4.57. The molecule has 0 aliphatic carbocycles. The zero-order chi connectivity index (χ0) is 16.8. The van der Waals surface area contributed by atoms with E-state index < -0.39 is 5.91 Å². The van der Waals surface area contributed by atoms with Crippen molar-refractivity contribution in [3.8, 4) is 5.75 Å². The maximum absolute atomic E-state index is 11.8. The number of carbonyl (C=O) groups is 1. The van der Waals surface area contributed by atoms with Crippen LogP contribution in [0.5, 0.6) is 5.75 Å². The average molecular weight is 372 g/mol. The first-order valence-electron chi connectivity index (χ1n) is 6.63. The molecule has 2 aromatic carbocycles. The molecule has 2 aromatic rings. The molecular formula is C16H13Cl3N2O2. The quantitative estimate of drug-likeness (QED) is 0.475. The van der Waals surface area contributed by atoms with Gasteiger partial charge in [0.1, 0.15) is 5.75 Å². The van der Waals surface area contributed by atoms with Crippen LogP contribution in [0, 0.1) is 0 Å². The van der Waals surface area contributed by atoms with Crippen LogP contribution < -0.4 is 10.2 Å². The van der Waals surface area contributed by atoms with Gasteiger partial charge in [0.2, 0.25) is 0 Å². The standard InChI is InChI=1S/C16H13Cl3N2O2/c1-10(11-5-3-2-4-6-11)20-21-16(22)9-23-15-8-13(18)12(17)7-14(15)19/h2-8H,9H2,1H3,(H,21,22)/b20-10-. The summed E-state index contributed by atoms with van der Waals surface area (Å²) in [6.07, 6.45) is 0. The molecule has 7 heteroatoms. The third-order valence-corrected chi connectivity index (χ3v) is 3.89. The Kier molecular flexibility index (Phi) is 6.28. The summed E-state index contributed by atoms with van der Waals surface area (Å²) in [5, 5.41) is 4.90. The maximum Gasteiger partial charge on any atom is 0.277 e. The zero-order valence-corrected chi connectivity index (χ0v) is 14.4. The van der Waals surface area contributed by atoms with Crippen molar-refractivity contribution in [3.05, 3.63) is 63.1 Å². The molecule has 0 aliphatic rings. The largest absolute Gasteiger partial charge is 0.482 e. The van der Waals surface area contributed by atoms with Gasteiger partial charge >= 0.3 is 0 Å². The SMILES string of the molecule is C/C(=N/NC(=O)COc1cc(Cl)c(Cl)cc1Cl)c1ccccc1. The van der Waals surface area contributed by atoms with Crippen LogP contribution in [0.25, 0.3) is 0 Å². The summed E-state index contributed by atoms with van der Waals surface area (Å²) in [6.45, 7) is 1.55. The molecular weight excluding hydrogens is 359 g/mol. The van der Waals surface area contributed by atoms with Crippen molar-refractivity contribution in [3.63, 3.8) is 0 Å². The number of hydrogen-bond acceptors (Lipinski definition) is 3. The summed E-state index contributed by atoms with van der Waals surface area (Å²) >= 11 is 17.7.